The van der Waals surface area contributed by atoms with E-state index in [9.17, 15) is 20.4 Å². The van der Waals surface area contributed by atoms with Gasteiger partial charge in [0.05, 0.1) is 6.61 Å². The van der Waals surface area contributed by atoms with Gasteiger partial charge in [-0.2, -0.15) is 0 Å². The van der Waals surface area contributed by atoms with E-state index >= 15 is 0 Å². The number of aliphatic hydroxyl groups is 5. The molecule has 1 aliphatic rings. The van der Waals surface area contributed by atoms with Crippen molar-refractivity contribution < 1.29 is 30.3 Å². The second-order valence-corrected chi connectivity index (χ2v) is 3.86. The van der Waals surface area contributed by atoms with Crippen LogP contribution in [0.3, 0.4) is 0 Å². The number of hydrogen-bond acceptors (Lipinski definition) is 6. The summed E-state index contributed by atoms with van der Waals surface area (Å²) in [6.07, 6.45) is -4.65. The quantitative estimate of drug-likeness (QED) is 0.349. The number of hydrogen-bond donors (Lipinski definition) is 5. The van der Waals surface area contributed by atoms with Gasteiger partial charge in [-0.15, -0.1) is 0 Å². The molecule has 0 aromatic heterocycles. The van der Waals surface area contributed by atoms with Crippen LogP contribution in [0.5, 0.6) is 0 Å². The molecule has 6 nitrogen and oxygen atoms in total. The summed E-state index contributed by atoms with van der Waals surface area (Å²) in [5.74, 6) is -2.90. The van der Waals surface area contributed by atoms with E-state index in [2.05, 4.69) is 0 Å². The first kappa shape index (κ1) is 12.4. The summed E-state index contributed by atoms with van der Waals surface area (Å²) in [4.78, 5) is 0. The van der Waals surface area contributed by atoms with Crippen molar-refractivity contribution in [2.24, 2.45) is 0 Å². The van der Waals surface area contributed by atoms with Crippen molar-refractivity contribution in [2.45, 2.75) is 37.9 Å². The lowest BCUT2D eigenvalue weighted by atomic mass is 9.94. The van der Waals surface area contributed by atoms with Crippen molar-refractivity contribution >= 4 is 0 Å². The van der Waals surface area contributed by atoms with Crippen molar-refractivity contribution in [3.8, 4) is 0 Å². The highest BCUT2D eigenvalue weighted by atomic mass is 16.7. The van der Waals surface area contributed by atoms with Crippen LogP contribution < -0.4 is 0 Å². The molecule has 1 rings (SSSR count). The Hall–Kier alpha value is -0.660. The Labute approximate surface area is 87.0 Å². The van der Waals surface area contributed by atoms with Crippen LogP contribution in [-0.2, 0) is 4.74 Å². The van der Waals surface area contributed by atoms with E-state index in [1.54, 1.807) is 0 Å². The minimum atomic E-state index is -2.35. The van der Waals surface area contributed by atoms with E-state index in [4.69, 9.17) is 9.84 Å². The highest BCUT2D eigenvalue weighted by Crippen LogP contribution is 2.30. The molecule has 0 saturated carbocycles. The number of allylic oxidation sites excluding steroid dienone is 1. The summed E-state index contributed by atoms with van der Waals surface area (Å²) < 4.78 is 4.77. The first-order valence-electron chi connectivity index (χ1n) is 4.58. The second-order valence-electron chi connectivity index (χ2n) is 3.86. The molecule has 1 fully saturated rings. The largest absolute Gasteiger partial charge is 0.507 e. The maximum atomic E-state index is 9.82. The third kappa shape index (κ3) is 1.99. The third-order valence-corrected chi connectivity index (χ3v) is 2.41. The lowest BCUT2D eigenvalue weighted by Crippen LogP contribution is -2.61. The minimum absolute atomic E-state index is 0.347. The molecule has 1 unspecified atom stereocenters. The maximum absolute atomic E-state index is 9.82. The zero-order valence-corrected chi connectivity index (χ0v) is 8.58. The molecular weight excluding hydrogens is 204 g/mol. The van der Waals surface area contributed by atoms with Crippen molar-refractivity contribution in [3.63, 3.8) is 0 Å². The van der Waals surface area contributed by atoms with Crippen LogP contribution in [0.1, 0.15) is 13.8 Å². The van der Waals surface area contributed by atoms with Gasteiger partial charge in [-0.1, -0.05) is 0 Å². The SMILES string of the molecule is CC(C)=C(O)C1(O)OC[C@@H](O)[C@@H](O)[C@@H]1O. The molecule has 0 aromatic carbocycles. The Kier molecular flexibility index (Phi) is 3.37. The van der Waals surface area contributed by atoms with Crippen LogP contribution in [0.4, 0.5) is 0 Å². The summed E-state index contributed by atoms with van der Waals surface area (Å²) >= 11 is 0. The van der Waals surface area contributed by atoms with Crippen LogP contribution in [0.25, 0.3) is 0 Å². The van der Waals surface area contributed by atoms with Gasteiger partial charge in [0.2, 0.25) is 0 Å². The molecule has 0 aliphatic carbocycles. The summed E-state index contributed by atoms with van der Waals surface area (Å²) in [6, 6.07) is 0. The molecule has 4 atom stereocenters. The Morgan fingerprint density at radius 2 is 1.80 bits per heavy atom. The molecule has 0 bridgehead atoms. The maximum Gasteiger partial charge on any atom is 0.254 e. The fraction of sp³-hybridized carbons (Fsp3) is 0.778. The predicted molar refractivity (Wildman–Crippen MR) is 49.9 cm³/mol. The standard InChI is InChI=1S/C9H16O6/c1-4(2)7(12)9(14)8(13)6(11)5(10)3-15-9/h5-6,8,10-14H,3H2,1-2H3/t5-,6-,8+,9?/m1/s1. The van der Waals surface area contributed by atoms with Gasteiger partial charge in [0.1, 0.15) is 18.3 Å². The third-order valence-electron chi connectivity index (χ3n) is 2.41. The highest BCUT2D eigenvalue weighted by molar-refractivity contribution is 5.15. The lowest BCUT2D eigenvalue weighted by Gasteiger charge is -2.41. The topological polar surface area (TPSA) is 110 Å². The van der Waals surface area contributed by atoms with Gasteiger partial charge in [0.15, 0.2) is 5.76 Å². The summed E-state index contributed by atoms with van der Waals surface area (Å²) in [5, 5.41) is 47.4. The van der Waals surface area contributed by atoms with Crippen molar-refractivity contribution in [2.75, 3.05) is 6.61 Å². The molecule has 0 aromatic rings. The predicted octanol–water partition coefficient (Wildman–Crippen LogP) is -1.36. The molecule has 0 amide bonds. The number of rotatable bonds is 1. The Balaban J connectivity index is 3.00. The van der Waals surface area contributed by atoms with Gasteiger partial charge in [-0.05, 0) is 19.4 Å². The smallest absolute Gasteiger partial charge is 0.254 e. The Bertz CT molecular complexity index is 272. The normalized spacial score (nSPS) is 41.3. The summed E-state index contributed by atoms with van der Waals surface area (Å²) in [6.45, 7) is 2.66. The average molecular weight is 220 g/mol. The first-order chi connectivity index (χ1) is 6.80. The molecule has 88 valence electrons. The van der Waals surface area contributed by atoms with E-state index < -0.39 is 29.9 Å². The van der Waals surface area contributed by atoms with Crippen molar-refractivity contribution in [3.05, 3.63) is 11.3 Å². The van der Waals surface area contributed by atoms with Gasteiger partial charge in [0.25, 0.3) is 5.79 Å². The molecule has 6 heteroatoms. The average Bonchev–Trinajstić information content (AvgIpc) is 2.19. The monoisotopic (exact) mass is 220 g/mol. The van der Waals surface area contributed by atoms with Gasteiger partial charge in [-0.25, -0.2) is 0 Å². The number of aliphatic hydroxyl groups excluding tert-OH is 4. The van der Waals surface area contributed by atoms with E-state index in [0.29, 0.717) is 5.57 Å². The van der Waals surface area contributed by atoms with Gasteiger partial charge < -0.3 is 30.3 Å². The fourth-order valence-corrected chi connectivity index (χ4v) is 1.40. The van der Waals surface area contributed by atoms with Crippen molar-refractivity contribution in [1.82, 2.24) is 0 Å². The first-order valence-corrected chi connectivity index (χ1v) is 4.58. The molecule has 1 heterocycles. The Morgan fingerprint density at radius 3 is 2.27 bits per heavy atom. The van der Waals surface area contributed by atoms with Crippen LogP contribution in [0.2, 0.25) is 0 Å². The molecule has 0 radical (unpaired) electrons. The van der Waals surface area contributed by atoms with Crippen LogP contribution in [-0.4, -0.2) is 56.2 Å². The zero-order chi connectivity index (χ0) is 11.8. The minimum Gasteiger partial charge on any atom is -0.507 e. The highest BCUT2D eigenvalue weighted by Gasteiger charge is 2.51. The second kappa shape index (κ2) is 4.07. The van der Waals surface area contributed by atoms with E-state index in [-0.39, 0.29) is 6.61 Å². The van der Waals surface area contributed by atoms with Gasteiger partial charge in [0, 0.05) is 0 Å². The molecule has 1 aliphatic heterocycles. The van der Waals surface area contributed by atoms with Crippen LogP contribution in [0.15, 0.2) is 11.3 Å². The number of ether oxygens (including phenoxy) is 1. The molecule has 5 N–H and O–H groups in total. The molecule has 1 saturated heterocycles. The molecule has 0 spiro atoms. The van der Waals surface area contributed by atoms with E-state index in [1.807, 2.05) is 0 Å². The zero-order valence-electron chi connectivity index (χ0n) is 8.58. The van der Waals surface area contributed by atoms with Crippen LogP contribution >= 0.6 is 0 Å². The van der Waals surface area contributed by atoms with Crippen molar-refractivity contribution in [1.29, 1.82) is 0 Å². The van der Waals surface area contributed by atoms with Crippen LogP contribution in [0, 0.1) is 0 Å². The summed E-state index contributed by atoms with van der Waals surface area (Å²) in [5.41, 5.74) is 0.347. The lowest BCUT2D eigenvalue weighted by molar-refractivity contribution is -0.312. The fourth-order valence-electron chi connectivity index (χ4n) is 1.40. The van der Waals surface area contributed by atoms with Gasteiger partial charge >= 0.3 is 0 Å². The molecular formula is C9H16O6. The molecule has 15 heavy (non-hydrogen) atoms. The van der Waals surface area contributed by atoms with E-state index in [1.165, 1.54) is 13.8 Å². The van der Waals surface area contributed by atoms with E-state index in [0.717, 1.165) is 0 Å². The summed E-state index contributed by atoms with van der Waals surface area (Å²) in [7, 11) is 0. The van der Waals surface area contributed by atoms with Gasteiger partial charge in [-0.3, -0.25) is 0 Å². The Morgan fingerprint density at radius 1 is 1.27 bits per heavy atom.